The molecule has 8 heteroatoms. The average molecular weight is 335 g/mol. The molecule has 1 aromatic carbocycles. The molecule has 0 aliphatic heterocycles. The highest BCUT2D eigenvalue weighted by Gasteiger charge is 2.32. The van der Waals surface area contributed by atoms with Gasteiger partial charge in [0.1, 0.15) is 11.8 Å². The lowest BCUT2D eigenvalue weighted by Crippen LogP contribution is -2.17. The van der Waals surface area contributed by atoms with Crippen LogP contribution in [0.15, 0.2) is 24.4 Å². The second-order valence-corrected chi connectivity index (χ2v) is 5.57. The number of amides is 2. The number of hydrogen-bond acceptors (Lipinski definition) is 3. The summed E-state index contributed by atoms with van der Waals surface area (Å²) in [6.45, 7) is 0. The number of rotatable bonds is 3. The third-order valence-electron chi connectivity index (χ3n) is 3.97. The number of hydrogen-bond donors (Lipinski definition) is 2. The van der Waals surface area contributed by atoms with Crippen LogP contribution in [-0.4, -0.2) is 16.6 Å². The van der Waals surface area contributed by atoms with Crippen LogP contribution in [0.1, 0.15) is 34.1 Å². The van der Waals surface area contributed by atoms with Crippen molar-refractivity contribution in [3.63, 3.8) is 0 Å². The van der Waals surface area contributed by atoms with E-state index in [1.54, 1.807) is 17.8 Å². The van der Waals surface area contributed by atoms with Crippen LogP contribution in [0.5, 0.6) is 0 Å². The van der Waals surface area contributed by atoms with Gasteiger partial charge < -0.3 is 20.4 Å². The lowest BCUT2D eigenvalue weighted by molar-refractivity contribution is 0.101. The van der Waals surface area contributed by atoms with Crippen molar-refractivity contribution >= 4 is 17.7 Å². The van der Waals surface area contributed by atoms with E-state index >= 15 is 0 Å². The van der Waals surface area contributed by atoms with Gasteiger partial charge in [-0.2, -0.15) is 0 Å². The summed E-state index contributed by atoms with van der Waals surface area (Å²) >= 11 is 0. The number of ether oxygens (including phenoxy) is 1. The van der Waals surface area contributed by atoms with Crippen LogP contribution >= 0.6 is 0 Å². The Hall–Kier alpha value is -2.90. The molecule has 1 aliphatic carbocycles. The van der Waals surface area contributed by atoms with Crippen LogP contribution in [0.2, 0.25) is 0 Å². The first-order valence-electron chi connectivity index (χ1n) is 7.27. The number of nitrogens with one attached hydrogen (secondary N) is 1. The normalized spacial score (nSPS) is 15.9. The largest absolute Gasteiger partial charge is 0.441 e. The predicted octanol–water partition coefficient (Wildman–Crippen LogP) is 2.64. The minimum atomic E-state index is -1.04. The minimum Gasteiger partial charge on any atom is -0.441 e. The number of nitrogens with two attached hydrogens (primary N) is 1. The van der Waals surface area contributed by atoms with Gasteiger partial charge in [-0.1, -0.05) is 0 Å². The summed E-state index contributed by atoms with van der Waals surface area (Å²) in [4.78, 5) is 23.4. The molecule has 24 heavy (non-hydrogen) atoms. The zero-order valence-corrected chi connectivity index (χ0v) is 12.8. The topological polar surface area (TPSA) is 86.3 Å². The maximum Gasteiger partial charge on any atom is 0.405 e. The Bertz CT molecular complexity index is 832. The second-order valence-electron chi connectivity index (χ2n) is 5.57. The highest BCUT2D eigenvalue weighted by molar-refractivity contribution is 6.04. The molecule has 2 amide bonds. The predicted molar refractivity (Wildman–Crippen MR) is 81.5 cm³/mol. The first-order valence-corrected chi connectivity index (χ1v) is 7.27. The first-order chi connectivity index (χ1) is 11.4. The quantitative estimate of drug-likeness (QED) is 0.904. The van der Waals surface area contributed by atoms with E-state index < -0.39 is 29.7 Å². The molecular weight excluding hydrogens is 320 g/mol. The zero-order chi connectivity index (χ0) is 17.4. The highest BCUT2D eigenvalue weighted by Crippen LogP contribution is 2.37. The fourth-order valence-electron chi connectivity index (χ4n) is 3.00. The number of primary amides is 1. The smallest absolute Gasteiger partial charge is 0.405 e. The highest BCUT2D eigenvalue weighted by atomic mass is 19.2. The van der Waals surface area contributed by atoms with Gasteiger partial charge in [-0.05, 0) is 30.5 Å². The Balaban J connectivity index is 1.86. The molecule has 6 nitrogen and oxygen atoms in total. The molecule has 0 fully saturated rings. The summed E-state index contributed by atoms with van der Waals surface area (Å²) in [5, 5.41) is 2.54. The number of carbonyl (C=O) groups excluding carboxylic acids is 2. The van der Waals surface area contributed by atoms with E-state index in [4.69, 9.17) is 10.5 Å². The van der Waals surface area contributed by atoms with Crippen LogP contribution in [0.25, 0.3) is 0 Å². The molecule has 1 heterocycles. The van der Waals surface area contributed by atoms with Crippen LogP contribution in [0.4, 0.5) is 19.3 Å². The van der Waals surface area contributed by atoms with Crippen molar-refractivity contribution in [1.29, 1.82) is 0 Å². The first kappa shape index (κ1) is 16.0. The number of carbonyl (C=O) groups is 2. The Morgan fingerprint density at radius 3 is 2.75 bits per heavy atom. The Morgan fingerprint density at radius 1 is 1.33 bits per heavy atom. The maximum atomic E-state index is 13.3. The molecule has 2 aromatic rings. The van der Waals surface area contributed by atoms with Crippen LogP contribution in [0.3, 0.4) is 0 Å². The number of fused-ring (bicyclic) bond motifs is 1. The standard InChI is InChI=1S/C16H15F2N3O3/c1-21-7-10-9(3-5-13(10)24-16(19)23)14(21)15(22)20-8-2-4-11(17)12(18)6-8/h2,4,6-7,13H,3,5H2,1H3,(H2,19,23)(H,20,22). The summed E-state index contributed by atoms with van der Waals surface area (Å²) in [5.74, 6) is -2.48. The van der Waals surface area contributed by atoms with E-state index in [2.05, 4.69) is 5.32 Å². The van der Waals surface area contributed by atoms with E-state index in [1.807, 2.05) is 0 Å². The van der Waals surface area contributed by atoms with Crippen LogP contribution in [0, 0.1) is 11.6 Å². The van der Waals surface area contributed by atoms with Crippen molar-refractivity contribution in [3.05, 3.63) is 52.9 Å². The van der Waals surface area contributed by atoms with E-state index in [0.29, 0.717) is 18.5 Å². The summed E-state index contributed by atoms with van der Waals surface area (Å²) in [5.41, 5.74) is 7.06. The van der Waals surface area contributed by atoms with Crippen molar-refractivity contribution in [3.8, 4) is 0 Å². The number of halogens is 2. The van der Waals surface area contributed by atoms with Gasteiger partial charge in [-0.3, -0.25) is 4.79 Å². The molecule has 1 aromatic heterocycles. The third kappa shape index (κ3) is 2.82. The number of anilines is 1. The second kappa shape index (κ2) is 5.95. The SMILES string of the molecule is Cn1cc2c(c1C(=O)Nc1ccc(F)c(F)c1)CCC2OC(N)=O. The monoisotopic (exact) mass is 335 g/mol. The third-order valence-corrected chi connectivity index (χ3v) is 3.97. The Labute approximate surface area is 136 Å². The molecular formula is C16H15F2N3O3. The van der Waals surface area contributed by atoms with Crippen molar-refractivity contribution in [2.24, 2.45) is 12.8 Å². The fourth-order valence-corrected chi connectivity index (χ4v) is 3.00. The summed E-state index contributed by atoms with van der Waals surface area (Å²) in [6.07, 6.45) is 1.45. The van der Waals surface area contributed by atoms with E-state index in [9.17, 15) is 18.4 Å². The number of aryl methyl sites for hydroxylation is 1. The molecule has 0 bridgehead atoms. The minimum absolute atomic E-state index is 0.150. The van der Waals surface area contributed by atoms with Crippen molar-refractivity contribution in [2.75, 3.05) is 5.32 Å². The zero-order valence-electron chi connectivity index (χ0n) is 12.8. The van der Waals surface area contributed by atoms with Gasteiger partial charge in [0.15, 0.2) is 11.6 Å². The summed E-state index contributed by atoms with van der Waals surface area (Å²) in [7, 11) is 1.68. The molecule has 0 saturated carbocycles. The van der Waals surface area contributed by atoms with Crippen LogP contribution < -0.4 is 11.1 Å². The molecule has 1 atom stereocenters. The van der Waals surface area contributed by atoms with Gasteiger partial charge >= 0.3 is 6.09 Å². The number of aromatic nitrogens is 1. The summed E-state index contributed by atoms with van der Waals surface area (Å²) < 4.78 is 32.9. The van der Waals surface area contributed by atoms with Gasteiger partial charge in [-0.25, -0.2) is 13.6 Å². The van der Waals surface area contributed by atoms with Crippen LogP contribution in [-0.2, 0) is 18.2 Å². The van der Waals surface area contributed by atoms with Crippen molar-refractivity contribution < 1.29 is 23.1 Å². The summed E-state index contributed by atoms with van der Waals surface area (Å²) in [6, 6.07) is 3.13. The molecule has 0 radical (unpaired) electrons. The van der Waals surface area contributed by atoms with Gasteiger partial charge in [0, 0.05) is 30.6 Å². The molecule has 0 spiro atoms. The van der Waals surface area contributed by atoms with Gasteiger partial charge in [0.25, 0.3) is 5.91 Å². The van der Waals surface area contributed by atoms with E-state index in [0.717, 1.165) is 23.3 Å². The fraction of sp³-hybridized carbons (Fsp3) is 0.250. The number of nitrogens with zero attached hydrogens (tertiary/aromatic N) is 1. The Morgan fingerprint density at radius 2 is 2.08 bits per heavy atom. The maximum absolute atomic E-state index is 13.3. The molecule has 3 rings (SSSR count). The van der Waals surface area contributed by atoms with E-state index in [1.165, 1.54) is 6.07 Å². The van der Waals surface area contributed by atoms with Crippen molar-refractivity contribution in [2.45, 2.75) is 18.9 Å². The average Bonchev–Trinajstić information content (AvgIpc) is 3.01. The lowest BCUT2D eigenvalue weighted by atomic mass is 10.1. The lowest BCUT2D eigenvalue weighted by Gasteiger charge is -2.09. The molecule has 1 unspecified atom stereocenters. The van der Waals surface area contributed by atoms with Gasteiger partial charge in [0.2, 0.25) is 0 Å². The van der Waals surface area contributed by atoms with E-state index in [-0.39, 0.29) is 5.69 Å². The molecule has 3 N–H and O–H groups in total. The van der Waals surface area contributed by atoms with Crippen molar-refractivity contribution in [1.82, 2.24) is 4.57 Å². The molecule has 0 saturated heterocycles. The Kier molecular flexibility index (Phi) is 3.96. The van der Waals surface area contributed by atoms with Gasteiger partial charge in [0.05, 0.1) is 0 Å². The van der Waals surface area contributed by atoms with Gasteiger partial charge in [-0.15, -0.1) is 0 Å². The number of benzene rings is 1. The molecule has 1 aliphatic rings. The molecule has 126 valence electrons.